The van der Waals surface area contributed by atoms with Gasteiger partial charge in [-0.25, -0.2) is 0 Å². The Hall–Kier alpha value is -0.0831. The van der Waals surface area contributed by atoms with Gasteiger partial charge in [0.15, 0.2) is 0 Å². The van der Waals surface area contributed by atoms with Crippen LogP contribution in [0.4, 0.5) is 0 Å². The fourth-order valence-electron chi connectivity index (χ4n) is 1.85. The van der Waals surface area contributed by atoms with Gasteiger partial charge in [0.25, 0.3) is 0 Å². The van der Waals surface area contributed by atoms with Crippen molar-refractivity contribution in [3.05, 3.63) is 12.2 Å². The average molecular weight is 198 g/mol. The first kappa shape index (κ1) is 11.0. The normalized spacial score (nSPS) is 23.5. The van der Waals surface area contributed by atoms with Crippen LogP contribution in [0.2, 0.25) is 25.2 Å². The van der Waals surface area contributed by atoms with Gasteiger partial charge in [0.1, 0.15) is 0 Å². The van der Waals surface area contributed by atoms with Crippen molar-refractivity contribution >= 4 is 8.07 Å². The van der Waals surface area contributed by atoms with Crippen LogP contribution in [-0.2, 0) is 0 Å². The van der Waals surface area contributed by atoms with E-state index in [2.05, 4.69) is 31.8 Å². The number of rotatable bonds is 4. The van der Waals surface area contributed by atoms with E-state index in [1.54, 1.807) is 0 Å². The zero-order valence-corrected chi connectivity index (χ0v) is 10.2. The highest BCUT2D eigenvalue weighted by molar-refractivity contribution is 6.78. The summed E-state index contributed by atoms with van der Waals surface area (Å²) in [6.07, 6.45) is 6.71. The van der Waals surface area contributed by atoms with Gasteiger partial charge in [-0.1, -0.05) is 31.8 Å². The summed E-state index contributed by atoms with van der Waals surface area (Å²) in [5.41, 5.74) is 0.449. The maximum Gasteiger partial charge on any atom is 0.0606 e. The Labute approximate surface area is 82.9 Å². The number of hydrogen-bond acceptors (Lipinski definition) is 1. The third-order valence-corrected chi connectivity index (χ3v) is 5.41. The molecule has 1 fully saturated rings. The van der Waals surface area contributed by atoms with Crippen molar-refractivity contribution in [2.75, 3.05) is 0 Å². The number of aliphatic hydroxyl groups is 1. The third kappa shape index (κ3) is 2.95. The van der Waals surface area contributed by atoms with Crippen LogP contribution in [-0.4, -0.2) is 19.3 Å². The molecule has 0 heterocycles. The third-order valence-electron chi connectivity index (χ3n) is 2.87. The molecule has 1 aliphatic carbocycles. The first-order chi connectivity index (χ1) is 5.96. The van der Waals surface area contributed by atoms with Gasteiger partial charge >= 0.3 is 0 Å². The fourth-order valence-corrected chi connectivity index (χ4v) is 3.92. The van der Waals surface area contributed by atoms with Gasteiger partial charge in [-0.05, 0) is 31.2 Å². The largest absolute Gasteiger partial charge is 0.393 e. The molecule has 1 N–H and O–H groups in total. The van der Waals surface area contributed by atoms with Crippen LogP contribution in [0.5, 0.6) is 0 Å². The Morgan fingerprint density at radius 1 is 1.31 bits per heavy atom. The van der Waals surface area contributed by atoms with Crippen LogP contribution in [0.1, 0.15) is 19.8 Å². The highest BCUT2D eigenvalue weighted by atomic mass is 28.3. The van der Waals surface area contributed by atoms with Crippen molar-refractivity contribution in [3.8, 4) is 0 Å². The minimum absolute atomic E-state index is 0.0668. The van der Waals surface area contributed by atoms with Gasteiger partial charge in [-0.15, -0.1) is 0 Å². The highest BCUT2D eigenvalue weighted by Gasteiger charge is 2.39. The summed E-state index contributed by atoms with van der Waals surface area (Å²) < 4.78 is 0. The van der Waals surface area contributed by atoms with E-state index in [0.29, 0.717) is 11.5 Å². The van der Waals surface area contributed by atoms with Crippen LogP contribution in [0.25, 0.3) is 0 Å². The first-order valence-corrected chi connectivity index (χ1v) is 8.85. The van der Waals surface area contributed by atoms with Crippen LogP contribution in [0.3, 0.4) is 0 Å². The predicted molar refractivity (Wildman–Crippen MR) is 60.6 cm³/mol. The molecule has 0 spiro atoms. The van der Waals surface area contributed by atoms with Gasteiger partial charge in [-0.3, -0.25) is 0 Å². The Morgan fingerprint density at radius 3 is 2.15 bits per heavy atom. The van der Waals surface area contributed by atoms with Crippen LogP contribution < -0.4 is 0 Å². The van der Waals surface area contributed by atoms with Crippen LogP contribution in [0, 0.1) is 5.92 Å². The van der Waals surface area contributed by atoms with Crippen molar-refractivity contribution in [1.82, 2.24) is 0 Å². The quantitative estimate of drug-likeness (QED) is 0.544. The molecule has 0 bridgehead atoms. The molecule has 1 rings (SSSR count). The van der Waals surface area contributed by atoms with Crippen molar-refractivity contribution in [2.24, 2.45) is 5.92 Å². The van der Waals surface area contributed by atoms with Crippen LogP contribution in [0.15, 0.2) is 12.2 Å². The lowest BCUT2D eigenvalue weighted by molar-refractivity contribution is 0.152. The van der Waals surface area contributed by atoms with Gasteiger partial charge in [0.05, 0.1) is 14.2 Å². The van der Waals surface area contributed by atoms with Gasteiger partial charge in [0, 0.05) is 0 Å². The number of hydrogen-bond donors (Lipinski definition) is 1. The highest BCUT2D eigenvalue weighted by Crippen LogP contribution is 2.41. The molecule has 13 heavy (non-hydrogen) atoms. The van der Waals surface area contributed by atoms with Gasteiger partial charge in [-0.2, -0.15) is 0 Å². The van der Waals surface area contributed by atoms with E-state index in [1.807, 2.05) is 6.92 Å². The summed E-state index contributed by atoms with van der Waals surface area (Å²) in [6.45, 7) is 9.06. The maximum atomic E-state index is 10.1. The molecule has 2 heteroatoms. The minimum atomic E-state index is -1.23. The molecule has 1 saturated carbocycles. The Morgan fingerprint density at radius 2 is 1.85 bits per heavy atom. The zero-order valence-electron chi connectivity index (χ0n) is 9.25. The topological polar surface area (TPSA) is 20.2 Å². The SMILES string of the molecule is C/C=C/[C@@H]([C@H](O)C1CC1)[Si](C)(C)C. The maximum absolute atomic E-state index is 10.1. The molecule has 0 aromatic carbocycles. The summed E-state index contributed by atoms with van der Waals surface area (Å²) in [5.74, 6) is 0.605. The Balaban J connectivity index is 2.65. The first-order valence-electron chi connectivity index (χ1n) is 5.27. The van der Waals surface area contributed by atoms with E-state index in [-0.39, 0.29) is 6.10 Å². The molecule has 0 radical (unpaired) electrons. The van der Waals surface area contributed by atoms with E-state index in [1.165, 1.54) is 12.8 Å². The second-order valence-electron chi connectivity index (χ2n) is 5.25. The molecule has 1 aliphatic rings. The predicted octanol–water partition coefficient (Wildman–Crippen LogP) is 3.04. The summed E-state index contributed by atoms with van der Waals surface area (Å²) in [6, 6.07) is 0. The number of aliphatic hydroxyl groups excluding tert-OH is 1. The van der Waals surface area contributed by atoms with E-state index in [9.17, 15) is 5.11 Å². The van der Waals surface area contributed by atoms with E-state index < -0.39 is 8.07 Å². The molecule has 76 valence electrons. The second-order valence-corrected chi connectivity index (χ2v) is 10.6. The molecule has 0 saturated heterocycles. The van der Waals surface area contributed by atoms with Crippen molar-refractivity contribution in [2.45, 2.75) is 51.1 Å². The molecule has 0 amide bonds. The molecule has 0 aromatic heterocycles. The van der Waals surface area contributed by atoms with E-state index in [4.69, 9.17) is 0 Å². The molecule has 0 unspecified atom stereocenters. The molecular formula is C11H22OSi. The van der Waals surface area contributed by atoms with Crippen molar-refractivity contribution in [1.29, 1.82) is 0 Å². The lowest BCUT2D eigenvalue weighted by Gasteiger charge is -2.30. The fraction of sp³-hybridized carbons (Fsp3) is 0.818. The Bertz CT molecular complexity index is 189. The summed E-state index contributed by atoms with van der Waals surface area (Å²) in [4.78, 5) is 0. The standard InChI is InChI=1S/C11H22OSi/c1-5-6-10(13(2,3)4)11(12)9-7-8-9/h5-6,9-12H,7-8H2,1-4H3/b6-5+/t10-,11+/m0/s1. The summed E-state index contributed by atoms with van der Waals surface area (Å²) in [5, 5.41) is 10.1. The van der Waals surface area contributed by atoms with Crippen molar-refractivity contribution in [3.63, 3.8) is 0 Å². The molecule has 1 nitrogen and oxygen atoms in total. The number of allylic oxidation sites excluding steroid dienone is 1. The zero-order chi connectivity index (χ0) is 10.1. The molecule has 0 aromatic rings. The monoisotopic (exact) mass is 198 g/mol. The Kier molecular flexibility index (Phi) is 3.36. The van der Waals surface area contributed by atoms with E-state index in [0.717, 1.165) is 0 Å². The molecule has 2 atom stereocenters. The second kappa shape index (κ2) is 3.97. The van der Waals surface area contributed by atoms with Crippen LogP contribution >= 0.6 is 0 Å². The van der Waals surface area contributed by atoms with E-state index >= 15 is 0 Å². The van der Waals surface area contributed by atoms with Crippen molar-refractivity contribution < 1.29 is 5.11 Å². The minimum Gasteiger partial charge on any atom is -0.393 e. The average Bonchev–Trinajstić information content (AvgIpc) is 2.78. The lowest BCUT2D eigenvalue weighted by atomic mass is 10.1. The summed E-state index contributed by atoms with van der Waals surface area (Å²) in [7, 11) is -1.23. The smallest absolute Gasteiger partial charge is 0.0606 e. The van der Waals surface area contributed by atoms with Gasteiger partial charge in [0.2, 0.25) is 0 Å². The molecule has 0 aliphatic heterocycles. The summed E-state index contributed by atoms with van der Waals surface area (Å²) >= 11 is 0. The lowest BCUT2D eigenvalue weighted by Crippen LogP contribution is -2.36. The molecular weight excluding hydrogens is 176 g/mol. The van der Waals surface area contributed by atoms with Gasteiger partial charge < -0.3 is 5.11 Å².